The summed E-state index contributed by atoms with van der Waals surface area (Å²) in [6.45, 7) is 0.553. The van der Waals surface area contributed by atoms with Gasteiger partial charge in [0.15, 0.2) is 0 Å². The number of nitrogens with zero attached hydrogens (tertiary/aromatic N) is 8. The van der Waals surface area contributed by atoms with Crippen LogP contribution in [0.3, 0.4) is 0 Å². The first-order valence-corrected chi connectivity index (χ1v) is 14.5. The number of halogens is 1. The molecule has 11 nitrogen and oxygen atoms in total. The van der Waals surface area contributed by atoms with Gasteiger partial charge in [0.05, 0.1) is 11.1 Å². The normalized spacial score (nSPS) is 10.3. The van der Waals surface area contributed by atoms with E-state index in [1.807, 2.05) is 90.5 Å². The van der Waals surface area contributed by atoms with Crippen LogP contribution in [0, 0.1) is 22.7 Å². The standard InChI is InChI=1S/C9H11N3.C9H7N3.C8H5N3.C7H5BrN2/c2*1-12-3-2-8-4-7(5-10)6-11-9(8)12;9-4-6-3-7-1-2-10-8(7)11-5-6;8-6-3-5-1-2-9-7(5)10-4-6/h2-4,6H,5,10H2,1H3;2-4,6H,1H3;1-3,5H,(H,10,11);1-4H,(H,9,10). The van der Waals surface area contributed by atoms with Crippen molar-refractivity contribution in [2.24, 2.45) is 19.8 Å². The van der Waals surface area contributed by atoms with Crippen LogP contribution in [0.4, 0.5) is 0 Å². The topological polar surface area (TPSA) is 167 Å². The van der Waals surface area contributed by atoms with Crippen LogP contribution in [-0.4, -0.2) is 39.0 Å². The Morgan fingerprint density at radius 1 is 0.689 bits per heavy atom. The third kappa shape index (κ3) is 7.40. The van der Waals surface area contributed by atoms with Crippen molar-refractivity contribution in [3.8, 4) is 12.1 Å². The maximum atomic E-state index is 8.61. The van der Waals surface area contributed by atoms with Crippen molar-refractivity contribution >= 4 is 60.1 Å². The smallest absolute Gasteiger partial charge is 0.139 e. The van der Waals surface area contributed by atoms with E-state index >= 15 is 0 Å². The summed E-state index contributed by atoms with van der Waals surface area (Å²) in [5.41, 5.74) is 11.5. The monoisotopic (exact) mass is 657 g/mol. The minimum Gasteiger partial charge on any atom is -0.346 e. The molecule has 8 aromatic heterocycles. The molecule has 4 N–H and O–H groups in total. The van der Waals surface area contributed by atoms with Gasteiger partial charge in [-0.1, -0.05) is 0 Å². The maximum Gasteiger partial charge on any atom is 0.139 e. The molecule has 0 saturated heterocycles. The summed E-state index contributed by atoms with van der Waals surface area (Å²) in [5.74, 6) is 0. The number of aromatic amines is 2. The molecule has 8 aromatic rings. The number of pyridine rings is 4. The van der Waals surface area contributed by atoms with Gasteiger partial charge in [-0.15, -0.1) is 0 Å². The number of hydrogen-bond acceptors (Lipinski definition) is 7. The molecule has 8 heterocycles. The molecule has 222 valence electrons. The molecule has 0 aliphatic carbocycles. The molecule has 0 aliphatic heterocycles. The molecule has 45 heavy (non-hydrogen) atoms. The van der Waals surface area contributed by atoms with Crippen molar-refractivity contribution in [2.45, 2.75) is 6.54 Å². The van der Waals surface area contributed by atoms with Crippen LogP contribution >= 0.6 is 15.9 Å². The van der Waals surface area contributed by atoms with Crippen molar-refractivity contribution in [2.75, 3.05) is 0 Å². The van der Waals surface area contributed by atoms with E-state index in [1.54, 1.807) is 30.9 Å². The van der Waals surface area contributed by atoms with Crippen molar-refractivity contribution in [3.63, 3.8) is 0 Å². The van der Waals surface area contributed by atoms with E-state index in [-0.39, 0.29) is 0 Å². The Hall–Kier alpha value is -5.82. The predicted molar refractivity (Wildman–Crippen MR) is 179 cm³/mol. The lowest BCUT2D eigenvalue weighted by Gasteiger charge is -1.97. The lowest BCUT2D eigenvalue weighted by Crippen LogP contribution is -1.97. The van der Waals surface area contributed by atoms with Crippen molar-refractivity contribution in [1.29, 1.82) is 10.5 Å². The van der Waals surface area contributed by atoms with E-state index in [0.717, 1.165) is 54.2 Å². The van der Waals surface area contributed by atoms with Gasteiger partial charge in [-0.25, -0.2) is 19.9 Å². The summed E-state index contributed by atoms with van der Waals surface area (Å²) in [6, 6.07) is 19.7. The highest BCUT2D eigenvalue weighted by Crippen LogP contribution is 2.16. The highest BCUT2D eigenvalue weighted by molar-refractivity contribution is 9.10. The lowest BCUT2D eigenvalue weighted by molar-refractivity contribution is 0.944. The van der Waals surface area contributed by atoms with E-state index in [1.165, 1.54) is 0 Å². The third-order valence-corrected chi connectivity index (χ3v) is 7.16. The fourth-order valence-electron chi connectivity index (χ4n) is 4.44. The Balaban J connectivity index is 0.000000119. The van der Waals surface area contributed by atoms with Crippen LogP contribution in [0.5, 0.6) is 0 Å². The number of H-pyrrole nitrogens is 2. The van der Waals surface area contributed by atoms with E-state index in [4.69, 9.17) is 16.3 Å². The molecule has 0 radical (unpaired) electrons. The highest BCUT2D eigenvalue weighted by atomic mass is 79.9. The van der Waals surface area contributed by atoms with Crippen molar-refractivity contribution in [1.82, 2.24) is 39.0 Å². The van der Waals surface area contributed by atoms with Gasteiger partial charge in [-0.3, -0.25) is 0 Å². The number of nitrogens with two attached hydrogens (primary N) is 1. The van der Waals surface area contributed by atoms with E-state index in [0.29, 0.717) is 17.7 Å². The molecule has 0 fully saturated rings. The van der Waals surface area contributed by atoms with Crippen LogP contribution in [-0.2, 0) is 20.6 Å². The Labute approximate surface area is 266 Å². The van der Waals surface area contributed by atoms with Gasteiger partial charge in [0, 0.05) is 96.2 Å². The summed E-state index contributed by atoms with van der Waals surface area (Å²) in [6.07, 6.45) is 14.3. The van der Waals surface area contributed by atoms with E-state index in [2.05, 4.69) is 58.0 Å². The Bertz CT molecular complexity index is 2290. The molecule has 0 unspecified atom stereocenters. The second kappa shape index (κ2) is 14.1. The zero-order valence-electron chi connectivity index (χ0n) is 24.5. The SMILES string of the molecule is Brc1cnc2[nH]ccc2c1.Cn1ccc2cc(C#N)cnc21.Cn1ccc2cc(CN)cnc21.N#Cc1cnc2[nH]ccc2c1. The molecule has 0 amide bonds. The van der Waals surface area contributed by atoms with Crippen LogP contribution in [0.2, 0.25) is 0 Å². The summed E-state index contributed by atoms with van der Waals surface area (Å²) < 4.78 is 4.94. The fourth-order valence-corrected chi connectivity index (χ4v) is 4.79. The van der Waals surface area contributed by atoms with Gasteiger partial charge in [0.25, 0.3) is 0 Å². The Morgan fingerprint density at radius 3 is 1.80 bits per heavy atom. The molecule has 0 atom stereocenters. The summed E-state index contributed by atoms with van der Waals surface area (Å²) in [7, 11) is 3.92. The number of nitrogens with one attached hydrogen (secondary N) is 2. The van der Waals surface area contributed by atoms with Crippen LogP contribution < -0.4 is 5.73 Å². The summed E-state index contributed by atoms with van der Waals surface area (Å²) in [4.78, 5) is 22.6. The predicted octanol–water partition coefficient (Wildman–Crippen LogP) is 6.24. The number of nitriles is 2. The quantitative estimate of drug-likeness (QED) is 0.188. The summed E-state index contributed by atoms with van der Waals surface area (Å²) in [5, 5.41) is 21.4. The lowest BCUT2D eigenvalue weighted by atomic mass is 10.2. The van der Waals surface area contributed by atoms with Gasteiger partial charge >= 0.3 is 0 Å². The third-order valence-electron chi connectivity index (χ3n) is 6.73. The molecule has 8 rings (SSSR count). The second-order valence-corrected chi connectivity index (χ2v) is 10.8. The maximum absolute atomic E-state index is 8.61. The molecule has 0 aromatic carbocycles. The van der Waals surface area contributed by atoms with E-state index in [9.17, 15) is 0 Å². The zero-order valence-corrected chi connectivity index (χ0v) is 26.1. The van der Waals surface area contributed by atoms with Gasteiger partial charge in [0.2, 0.25) is 0 Å². The molecule has 0 bridgehead atoms. The number of hydrogen-bond donors (Lipinski definition) is 3. The van der Waals surface area contributed by atoms with Gasteiger partial charge in [0.1, 0.15) is 34.7 Å². The molecular weight excluding hydrogens is 630 g/mol. The zero-order chi connectivity index (χ0) is 31.8. The number of rotatable bonds is 1. The number of fused-ring (bicyclic) bond motifs is 4. The first-order chi connectivity index (χ1) is 21.9. The second-order valence-electron chi connectivity index (χ2n) is 9.88. The Kier molecular flexibility index (Phi) is 9.60. The number of aromatic nitrogens is 8. The Morgan fingerprint density at radius 2 is 1.20 bits per heavy atom. The van der Waals surface area contributed by atoms with Crippen LogP contribution in [0.25, 0.3) is 44.1 Å². The minimum atomic E-state index is 0.553. The molecule has 0 aliphatic rings. The van der Waals surface area contributed by atoms with Crippen molar-refractivity contribution < 1.29 is 0 Å². The van der Waals surface area contributed by atoms with Crippen molar-refractivity contribution in [3.05, 3.63) is 119 Å². The van der Waals surface area contributed by atoms with Gasteiger partial charge in [-0.05, 0) is 70.0 Å². The first kappa shape index (κ1) is 30.6. The molecule has 12 heteroatoms. The fraction of sp³-hybridized carbons (Fsp3) is 0.0909. The molecule has 0 spiro atoms. The van der Waals surface area contributed by atoms with Crippen LogP contribution in [0.15, 0.2) is 103 Å². The van der Waals surface area contributed by atoms with Gasteiger partial charge < -0.3 is 24.8 Å². The van der Waals surface area contributed by atoms with Gasteiger partial charge in [-0.2, -0.15) is 10.5 Å². The molecular formula is C33H28BrN11. The summed E-state index contributed by atoms with van der Waals surface area (Å²) >= 11 is 3.34. The minimum absolute atomic E-state index is 0.553. The van der Waals surface area contributed by atoms with Crippen LogP contribution in [0.1, 0.15) is 16.7 Å². The average Bonchev–Trinajstić information content (AvgIpc) is 3.88. The molecule has 0 saturated carbocycles. The first-order valence-electron chi connectivity index (χ1n) is 13.7. The highest BCUT2D eigenvalue weighted by Gasteiger charge is 2.00. The average molecular weight is 659 g/mol. The van der Waals surface area contributed by atoms with E-state index < -0.39 is 0 Å². The largest absolute Gasteiger partial charge is 0.346 e. The number of aryl methyl sites for hydroxylation is 2.